The van der Waals surface area contributed by atoms with E-state index in [0.29, 0.717) is 55.5 Å². The maximum Gasteiger partial charge on any atom is 0.352 e. The number of rotatable bonds is 11. The summed E-state index contributed by atoms with van der Waals surface area (Å²) in [5, 5.41) is 46.9. The number of β-lactam (4-membered cyclic amide) rings is 1. The van der Waals surface area contributed by atoms with Crippen LogP contribution in [-0.2, 0) is 24.0 Å². The number of aliphatic carboxylic acids is 2. The number of nitrogen functional groups attached to an aromatic ring is 1. The summed E-state index contributed by atoms with van der Waals surface area (Å²) in [4.78, 5) is 89.5. The van der Waals surface area contributed by atoms with Crippen molar-refractivity contribution in [3.63, 3.8) is 0 Å². The first-order valence-corrected chi connectivity index (χ1v) is 18.9. The van der Waals surface area contributed by atoms with Crippen LogP contribution in [0.5, 0.6) is 11.5 Å². The number of carboxylic acid groups (broad SMARTS) is 2. The van der Waals surface area contributed by atoms with Crippen molar-refractivity contribution in [3.8, 4) is 11.5 Å². The number of imide groups is 1. The average Bonchev–Trinajstić information content (AvgIpc) is 3.66. The number of benzene rings is 1. The van der Waals surface area contributed by atoms with Gasteiger partial charge in [0.25, 0.3) is 23.6 Å². The molecular weight excluding hydrogens is 747 g/mol. The number of nitrogens with two attached hydrogens (primary N) is 1. The molecule has 18 nitrogen and oxygen atoms in total. The fourth-order valence-corrected chi connectivity index (χ4v) is 9.85. The van der Waals surface area contributed by atoms with Crippen LogP contribution in [-0.4, -0.2) is 136 Å². The van der Waals surface area contributed by atoms with E-state index in [4.69, 9.17) is 10.6 Å². The van der Waals surface area contributed by atoms with Crippen LogP contribution in [0.1, 0.15) is 66.4 Å². The molecule has 6 aliphatic heterocycles. The third kappa shape index (κ3) is 6.01. The van der Waals surface area contributed by atoms with Gasteiger partial charge in [0.2, 0.25) is 5.60 Å². The number of hydrogen-bond donors (Lipinski definition) is 6. The van der Waals surface area contributed by atoms with Crippen molar-refractivity contribution < 1.29 is 58.5 Å². The van der Waals surface area contributed by atoms with Gasteiger partial charge in [0.15, 0.2) is 22.3 Å². The molecule has 4 saturated heterocycles. The van der Waals surface area contributed by atoms with Crippen LogP contribution in [0.3, 0.4) is 0 Å². The molecule has 2 aromatic rings. The van der Waals surface area contributed by atoms with Crippen LogP contribution in [0, 0.1) is 5.41 Å². The van der Waals surface area contributed by atoms with Gasteiger partial charge in [0, 0.05) is 47.4 Å². The van der Waals surface area contributed by atoms with Gasteiger partial charge < -0.3 is 40.8 Å². The standard InChI is InChI=1S/C34H37N7O11S2/c1-15-17(12-41-9-6-34(7-10-41,8-11-41)14-39-26(45)16-4-5-19(42)24(43)20(16)27(39)46)23(30(48)49)40-28(47)22(29(40)54-15)37-25(44)21(18-13-53-32(35)36-18)38-52-33(2,3)31(50)51/h4-5,13,15,22,29H,6-12,14H2,1-3H3,(H6-,35,36,37,38,42,43,44,45,46,48,49,50,51)/p+1/t15-,22+,29+,34?,41?/m0/s1. The van der Waals surface area contributed by atoms with Crippen molar-refractivity contribution in [1.29, 1.82) is 0 Å². The molecule has 7 N–H and O–H groups in total. The molecule has 286 valence electrons. The monoisotopic (exact) mass is 784 g/mol. The SMILES string of the molecule is C[C@@H]1S[C@@H]2[C@H](NC(=O)/C(=N\OC(C)(C)C(=O)O)c3csc(N)n3)C(=O)N2C(C(=O)O)=C1C[N+]12CCC(CN3C(=O)c4ccc(O)c(O)c4C3=O)(CC1)CC2. The molecule has 8 rings (SSSR count). The molecule has 0 unspecified atom stereocenters. The van der Waals surface area contributed by atoms with Crippen molar-refractivity contribution in [3.05, 3.63) is 45.6 Å². The number of carbonyl (C=O) groups excluding carboxylic acids is 4. The molecule has 54 heavy (non-hydrogen) atoms. The molecule has 6 aliphatic rings. The first kappa shape index (κ1) is 37.1. The van der Waals surface area contributed by atoms with Gasteiger partial charge in [-0.1, -0.05) is 5.16 Å². The number of hydrogen-bond acceptors (Lipinski definition) is 14. The van der Waals surface area contributed by atoms with E-state index in [-0.39, 0.29) is 44.9 Å². The summed E-state index contributed by atoms with van der Waals surface area (Å²) in [6.45, 7) is 6.84. The number of thiazole rings is 1. The maximum atomic E-state index is 13.6. The van der Waals surface area contributed by atoms with E-state index in [2.05, 4.69) is 15.5 Å². The van der Waals surface area contributed by atoms with E-state index in [1.165, 1.54) is 48.0 Å². The largest absolute Gasteiger partial charge is 0.504 e. The normalized spacial score (nSPS) is 27.8. The lowest BCUT2D eigenvalue weighted by atomic mass is 9.70. The molecular formula is C34H38N7O11S2+. The molecule has 1 aromatic heterocycles. The fourth-order valence-electron chi connectivity index (χ4n) is 7.86. The van der Waals surface area contributed by atoms with Gasteiger partial charge in [-0.3, -0.25) is 29.0 Å². The zero-order chi connectivity index (χ0) is 39.1. The zero-order valence-corrected chi connectivity index (χ0v) is 31.0. The van der Waals surface area contributed by atoms with E-state index >= 15 is 0 Å². The molecule has 4 amide bonds. The number of piperidine rings is 3. The topological polar surface area (TPSA) is 262 Å². The summed E-state index contributed by atoms with van der Waals surface area (Å²) in [7, 11) is 0. The lowest BCUT2D eigenvalue weighted by Gasteiger charge is -2.57. The van der Waals surface area contributed by atoms with Gasteiger partial charge in [-0.2, -0.15) is 0 Å². The molecule has 2 bridgehead atoms. The molecule has 20 heteroatoms. The first-order chi connectivity index (χ1) is 25.4. The number of aromatic nitrogens is 1. The second-order valence-electron chi connectivity index (χ2n) is 14.9. The minimum Gasteiger partial charge on any atom is -0.504 e. The highest BCUT2D eigenvalue weighted by molar-refractivity contribution is 8.00. The second-order valence-corrected chi connectivity index (χ2v) is 17.2. The summed E-state index contributed by atoms with van der Waals surface area (Å²) < 4.78 is 0.575. The highest BCUT2D eigenvalue weighted by Gasteiger charge is 2.58. The highest BCUT2D eigenvalue weighted by Crippen LogP contribution is 2.49. The Morgan fingerprint density at radius 3 is 2.37 bits per heavy atom. The first-order valence-electron chi connectivity index (χ1n) is 17.1. The molecule has 1 aromatic carbocycles. The number of carbonyl (C=O) groups is 6. The molecule has 0 spiro atoms. The van der Waals surface area contributed by atoms with Crippen LogP contribution < -0.4 is 11.1 Å². The van der Waals surface area contributed by atoms with Crippen LogP contribution in [0.4, 0.5) is 5.13 Å². The molecule has 7 heterocycles. The number of fused-ring (bicyclic) bond motifs is 5. The van der Waals surface area contributed by atoms with Crippen molar-refractivity contribution in [1.82, 2.24) is 20.1 Å². The molecule has 0 saturated carbocycles. The number of phenols is 2. The Bertz CT molecular complexity index is 2070. The van der Waals surface area contributed by atoms with E-state index in [9.17, 15) is 49.2 Å². The highest BCUT2D eigenvalue weighted by atomic mass is 32.2. The molecule has 3 atom stereocenters. The van der Waals surface area contributed by atoms with E-state index in [1.54, 1.807) is 0 Å². The molecule has 0 radical (unpaired) electrons. The number of thioether (sulfide) groups is 1. The maximum absolute atomic E-state index is 13.6. The molecule has 0 aliphatic carbocycles. The van der Waals surface area contributed by atoms with Gasteiger partial charge in [0.1, 0.15) is 29.4 Å². The van der Waals surface area contributed by atoms with Crippen molar-refractivity contribution in [2.45, 2.75) is 62.3 Å². The Morgan fingerprint density at radius 1 is 1.11 bits per heavy atom. The third-order valence-electron chi connectivity index (χ3n) is 11.2. The Balaban J connectivity index is 1.05. The number of nitrogens with one attached hydrogen (secondary N) is 1. The number of phenolic OH excluding ortho intramolecular Hbond substituents is 2. The van der Waals surface area contributed by atoms with Crippen LogP contribution in [0.25, 0.3) is 0 Å². The van der Waals surface area contributed by atoms with Crippen LogP contribution in [0.2, 0.25) is 0 Å². The summed E-state index contributed by atoms with van der Waals surface area (Å²) in [6, 6.07) is 1.39. The van der Waals surface area contributed by atoms with E-state index in [0.717, 1.165) is 16.2 Å². The van der Waals surface area contributed by atoms with Gasteiger partial charge >= 0.3 is 11.9 Å². The minimum atomic E-state index is -1.80. The number of carboxylic acids is 2. The third-order valence-corrected chi connectivity index (χ3v) is 13.3. The summed E-state index contributed by atoms with van der Waals surface area (Å²) >= 11 is 2.35. The predicted molar refractivity (Wildman–Crippen MR) is 191 cm³/mol. The van der Waals surface area contributed by atoms with Gasteiger partial charge in [-0.15, -0.1) is 23.1 Å². The number of oxime groups is 1. The second kappa shape index (κ2) is 13.0. The van der Waals surface area contributed by atoms with Gasteiger partial charge in [-0.25, -0.2) is 14.6 Å². The summed E-state index contributed by atoms with van der Waals surface area (Å²) in [5.74, 6) is -6.39. The molecule has 4 fully saturated rings. The minimum absolute atomic E-state index is 0.00204. The summed E-state index contributed by atoms with van der Waals surface area (Å²) in [5.41, 5.74) is 3.51. The summed E-state index contributed by atoms with van der Waals surface area (Å²) in [6.07, 6.45) is 1.99. The van der Waals surface area contributed by atoms with Crippen molar-refractivity contribution >= 4 is 69.5 Å². The Labute approximate surface area is 315 Å². The lowest BCUT2D eigenvalue weighted by molar-refractivity contribution is -0.941. The Kier molecular flexibility index (Phi) is 8.92. The quantitative estimate of drug-likeness (QED) is 0.0467. The fraction of sp³-hybridized carbons (Fsp3) is 0.471. The number of nitrogens with zero attached hydrogens (tertiary/aromatic N) is 5. The number of quaternary nitrogens is 1. The average molecular weight is 785 g/mol. The number of aromatic hydroxyl groups is 2. The predicted octanol–water partition coefficient (Wildman–Crippen LogP) is 1.14. The Morgan fingerprint density at radius 2 is 1.78 bits per heavy atom. The van der Waals surface area contributed by atoms with Gasteiger partial charge in [-0.05, 0) is 32.9 Å². The van der Waals surface area contributed by atoms with Crippen LogP contribution >= 0.6 is 23.1 Å². The van der Waals surface area contributed by atoms with E-state index in [1.807, 2.05) is 6.92 Å². The van der Waals surface area contributed by atoms with Gasteiger partial charge in [0.05, 0.1) is 30.8 Å². The number of amides is 4. The lowest BCUT2D eigenvalue weighted by Crippen LogP contribution is -2.72. The van der Waals surface area contributed by atoms with Crippen molar-refractivity contribution in [2.75, 3.05) is 38.5 Å². The van der Waals surface area contributed by atoms with Crippen molar-refractivity contribution in [2.24, 2.45) is 10.6 Å². The smallest absolute Gasteiger partial charge is 0.352 e. The van der Waals surface area contributed by atoms with E-state index < -0.39 is 69.8 Å². The van der Waals surface area contributed by atoms with Crippen LogP contribution in [0.15, 0.2) is 33.9 Å². The Hall–Kier alpha value is -5.21. The zero-order valence-electron chi connectivity index (χ0n) is 29.4. The number of anilines is 1.